The lowest BCUT2D eigenvalue weighted by Crippen LogP contribution is -2.43. The van der Waals surface area contributed by atoms with Crippen LogP contribution in [-0.2, 0) is 25.6 Å². The maximum atomic E-state index is 12.5. The number of hydrogen-bond acceptors (Lipinski definition) is 8. The molecule has 48 heavy (non-hydrogen) atoms. The van der Waals surface area contributed by atoms with Gasteiger partial charge in [0.1, 0.15) is 25.4 Å². The minimum atomic E-state index is -1.23. The molecule has 1 aromatic rings. The van der Waals surface area contributed by atoms with Crippen molar-refractivity contribution in [3.05, 3.63) is 35.9 Å². The lowest BCUT2D eigenvalue weighted by molar-refractivity contribution is -0.138. The van der Waals surface area contributed by atoms with Crippen molar-refractivity contribution in [2.75, 3.05) is 31.2 Å². The zero-order chi connectivity index (χ0) is 35.1. The van der Waals surface area contributed by atoms with Gasteiger partial charge in [-0.3, -0.25) is 0 Å². The third-order valence-corrected chi connectivity index (χ3v) is 8.84. The van der Waals surface area contributed by atoms with Crippen LogP contribution in [0.4, 0.5) is 14.4 Å². The first kappa shape index (κ1) is 42.9. The number of amides is 3. The number of thioether (sulfide) groups is 1. The van der Waals surface area contributed by atoms with Gasteiger partial charge >= 0.3 is 24.2 Å². The Morgan fingerprint density at radius 3 is 1.73 bits per heavy atom. The van der Waals surface area contributed by atoms with Gasteiger partial charge in [-0.25, -0.2) is 19.2 Å². The molecule has 0 saturated heterocycles. The van der Waals surface area contributed by atoms with Gasteiger partial charge < -0.3 is 35.3 Å². The Labute approximate surface area is 292 Å². The quantitative estimate of drug-likeness (QED) is 0.0480. The summed E-state index contributed by atoms with van der Waals surface area (Å²) in [6.45, 7) is 5.20. The van der Waals surface area contributed by atoms with Crippen LogP contribution in [0.3, 0.4) is 0 Å². The molecule has 4 N–H and O–H groups in total. The number of nitrogens with one attached hydrogen (secondary N) is 3. The van der Waals surface area contributed by atoms with E-state index in [9.17, 15) is 24.3 Å². The molecule has 12 heteroatoms. The number of ether oxygens (including phenoxy) is 3. The van der Waals surface area contributed by atoms with Crippen molar-refractivity contribution in [1.29, 1.82) is 0 Å². The summed E-state index contributed by atoms with van der Waals surface area (Å²) in [4.78, 5) is 48.9. The van der Waals surface area contributed by atoms with Crippen LogP contribution in [0.25, 0.3) is 0 Å². The Morgan fingerprint density at radius 2 is 1.19 bits per heavy atom. The molecule has 274 valence electrons. The Kier molecular flexibility index (Phi) is 26.7. The van der Waals surface area contributed by atoms with E-state index in [1.165, 1.54) is 64.2 Å². The van der Waals surface area contributed by atoms with Gasteiger partial charge in [0.25, 0.3) is 0 Å². The molecule has 2 atom stereocenters. The van der Waals surface area contributed by atoms with Gasteiger partial charge in [-0.1, -0.05) is 134 Å². The number of benzene rings is 1. The minimum Gasteiger partial charge on any atom is -0.480 e. The van der Waals surface area contributed by atoms with Crippen LogP contribution in [0, 0.1) is 0 Å². The number of carboxylic acids is 1. The molecule has 0 aromatic heterocycles. The van der Waals surface area contributed by atoms with Crippen molar-refractivity contribution in [1.82, 2.24) is 16.0 Å². The summed E-state index contributed by atoms with van der Waals surface area (Å²) in [5.74, 6) is -1.09. The zero-order valence-corrected chi connectivity index (χ0v) is 30.1. The van der Waals surface area contributed by atoms with E-state index in [1.807, 2.05) is 18.2 Å². The van der Waals surface area contributed by atoms with Gasteiger partial charge in [0.15, 0.2) is 0 Å². The van der Waals surface area contributed by atoms with Gasteiger partial charge in [0.2, 0.25) is 0 Å². The fourth-order valence-electron chi connectivity index (χ4n) is 4.83. The SMILES string of the molecule is CCCCCCCCCCNC(=O)OC[C@@H](CSC[C@H](NC(=O)OCc1ccccc1)C(=O)O)OC(=O)NCCCCCCCCCC. The third kappa shape index (κ3) is 24.9. The minimum absolute atomic E-state index is 0.00852. The topological polar surface area (TPSA) is 152 Å². The highest BCUT2D eigenvalue weighted by Gasteiger charge is 2.23. The number of carbonyl (C=O) groups is 4. The monoisotopic (exact) mass is 695 g/mol. The van der Waals surface area contributed by atoms with Gasteiger partial charge in [-0.2, -0.15) is 11.8 Å². The van der Waals surface area contributed by atoms with E-state index in [0.29, 0.717) is 13.1 Å². The van der Waals surface area contributed by atoms with Crippen molar-refractivity contribution < 1.29 is 38.5 Å². The fraction of sp³-hybridized carbons (Fsp3) is 0.722. The molecular weight excluding hydrogens is 634 g/mol. The standard InChI is InChI=1S/C36H61N3O8S/c1-3-5-7-9-11-13-15-20-24-37-34(42)46-27-31(47-35(43)38-25-21-16-14-12-10-8-6-4-2)28-48-29-32(33(40)41)39-36(44)45-26-30-22-18-17-19-23-30/h17-19,22-23,31-32H,3-16,20-21,24-29H2,1-2H3,(H,37,42)(H,38,43)(H,39,44)(H,40,41)/t31-,32-/m0/s1. The summed E-state index contributed by atoms with van der Waals surface area (Å²) < 4.78 is 16.0. The van der Waals surface area contributed by atoms with E-state index >= 15 is 0 Å². The van der Waals surface area contributed by atoms with Crippen LogP contribution in [-0.4, -0.2) is 72.7 Å². The smallest absolute Gasteiger partial charge is 0.408 e. The fourth-order valence-corrected chi connectivity index (χ4v) is 5.85. The molecule has 0 spiro atoms. The third-order valence-electron chi connectivity index (χ3n) is 7.66. The van der Waals surface area contributed by atoms with Gasteiger partial charge in [-0.15, -0.1) is 0 Å². The summed E-state index contributed by atoms with van der Waals surface area (Å²) in [6.07, 6.45) is 15.5. The highest BCUT2D eigenvalue weighted by Crippen LogP contribution is 2.12. The van der Waals surface area contributed by atoms with Crippen LogP contribution < -0.4 is 16.0 Å². The largest absolute Gasteiger partial charge is 0.480 e. The number of alkyl carbamates (subject to hydrolysis) is 3. The molecule has 1 rings (SSSR count). The molecule has 0 heterocycles. The molecular formula is C36H61N3O8S. The molecule has 0 fully saturated rings. The average molecular weight is 696 g/mol. The van der Waals surface area contributed by atoms with Gasteiger partial charge in [-0.05, 0) is 18.4 Å². The Bertz CT molecular complexity index is 985. The molecule has 0 bridgehead atoms. The predicted octanol–water partition coefficient (Wildman–Crippen LogP) is 8.20. The van der Waals surface area contributed by atoms with E-state index in [4.69, 9.17) is 14.2 Å². The van der Waals surface area contributed by atoms with Crippen LogP contribution in [0.1, 0.15) is 122 Å². The first-order valence-corrected chi connectivity index (χ1v) is 19.1. The number of unbranched alkanes of at least 4 members (excludes halogenated alkanes) is 14. The number of carboxylic acid groups (broad SMARTS) is 1. The van der Waals surface area contributed by atoms with E-state index in [-0.39, 0.29) is 24.7 Å². The molecule has 11 nitrogen and oxygen atoms in total. The lowest BCUT2D eigenvalue weighted by atomic mass is 10.1. The Balaban J connectivity index is 2.49. The molecule has 1 aromatic carbocycles. The first-order valence-electron chi connectivity index (χ1n) is 18.0. The number of carbonyl (C=O) groups excluding carboxylic acids is 3. The van der Waals surface area contributed by atoms with Crippen molar-refractivity contribution in [2.24, 2.45) is 0 Å². The van der Waals surface area contributed by atoms with E-state index < -0.39 is 36.4 Å². The second-order valence-corrected chi connectivity index (χ2v) is 13.1. The maximum Gasteiger partial charge on any atom is 0.408 e. The molecule has 0 saturated carbocycles. The second-order valence-electron chi connectivity index (χ2n) is 12.1. The van der Waals surface area contributed by atoms with E-state index in [2.05, 4.69) is 29.8 Å². The highest BCUT2D eigenvalue weighted by atomic mass is 32.2. The van der Waals surface area contributed by atoms with Gasteiger partial charge in [0.05, 0.1) is 0 Å². The Morgan fingerprint density at radius 1 is 0.667 bits per heavy atom. The number of rotatable bonds is 29. The highest BCUT2D eigenvalue weighted by molar-refractivity contribution is 7.99. The average Bonchev–Trinajstić information content (AvgIpc) is 3.08. The van der Waals surface area contributed by atoms with E-state index in [0.717, 1.165) is 55.9 Å². The second kappa shape index (κ2) is 29.9. The zero-order valence-electron chi connectivity index (χ0n) is 29.3. The van der Waals surface area contributed by atoms with E-state index in [1.54, 1.807) is 12.1 Å². The molecule has 0 aliphatic heterocycles. The summed E-state index contributed by atoms with van der Waals surface area (Å²) in [6, 6.07) is 7.82. The van der Waals surface area contributed by atoms with Crippen LogP contribution in [0.5, 0.6) is 0 Å². The normalized spacial score (nSPS) is 12.0. The Hall–Kier alpha value is -3.15. The molecule has 0 aliphatic rings. The van der Waals surface area contributed by atoms with Gasteiger partial charge in [0, 0.05) is 24.6 Å². The van der Waals surface area contributed by atoms with Crippen LogP contribution in [0.15, 0.2) is 30.3 Å². The first-order chi connectivity index (χ1) is 23.3. The molecule has 0 radical (unpaired) electrons. The molecule has 0 unspecified atom stereocenters. The van der Waals surface area contributed by atoms with Crippen molar-refractivity contribution in [3.63, 3.8) is 0 Å². The van der Waals surface area contributed by atoms with Crippen molar-refractivity contribution in [2.45, 2.75) is 135 Å². The summed E-state index contributed by atoms with van der Waals surface area (Å²) in [5.41, 5.74) is 0.774. The number of aliphatic carboxylic acids is 1. The molecule has 0 aliphatic carbocycles. The molecule has 3 amide bonds. The maximum absolute atomic E-state index is 12.5. The summed E-state index contributed by atoms with van der Waals surface area (Å²) in [5, 5.41) is 17.5. The van der Waals surface area contributed by atoms with Crippen molar-refractivity contribution >= 4 is 36.0 Å². The summed E-state index contributed by atoms with van der Waals surface area (Å²) >= 11 is 1.16. The van der Waals surface area contributed by atoms with Crippen LogP contribution in [0.2, 0.25) is 0 Å². The van der Waals surface area contributed by atoms with Crippen molar-refractivity contribution in [3.8, 4) is 0 Å². The summed E-state index contributed by atoms with van der Waals surface area (Å²) in [7, 11) is 0. The predicted molar refractivity (Wildman–Crippen MR) is 191 cm³/mol. The van der Waals surface area contributed by atoms with Crippen LogP contribution >= 0.6 is 11.8 Å². The lowest BCUT2D eigenvalue weighted by Gasteiger charge is -2.20. The number of hydrogen-bond donors (Lipinski definition) is 4.